The molecule has 0 atom stereocenters. The molecule has 0 bridgehead atoms. The Bertz CT molecular complexity index is 876. The maximum Gasteiger partial charge on any atom is 0.293 e. The smallest absolute Gasteiger partial charge is 0.293 e. The summed E-state index contributed by atoms with van der Waals surface area (Å²) in [4.78, 5) is 37.2. The average Bonchev–Trinajstić information content (AvgIpc) is 3.15. The van der Waals surface area contributed by atoms with Crippen LogP contribution in [0, 0.1) is 10.1 Å². The van der Waals surface area contributed by atoms with Crippen LogP contribution >= 0.6 is 11.3 Å². The lowest BCUT2D eigenvalue weighted by atomic mass is 10.1. The van der Waals surface area contributed by atoms with Crippen LogP contribution in [0.3, 0.4) is 0 Å². The Morgan fingerprint density at radius 2 is 1.96 bits per heavy atom. The number of benzene rings is 1. The van der Waals surface area contributed by atoms with Gasteiger partial charge in [-0.15, -0.1) is 11.3 Å². The summed E-state index contributed by atoms with van der Waals surface area (Å²) in [5, 5.41) is 18.7. The molecule has 2 N–H and O–H groups in total. The quantitative estimate of drug-likeness (QED) is 0.597. The van der Waals surface area contributed by atoms with E-state index < -0.39 is 10.8 Å². The molecular weight excluding hydrogens is 372 g/mol. The molecule has 1 aliphatic rings. The van der Waals surface area contributed by atoms with Gasteiger partial charge < -0.3 is 20.3 Å². The third-order valence-electron chi connectivity index (χ3n) is 4.15. The van der Waals surface area contributed by atoms with Crippen molar-refractivity contribution in [1.29, 1.82) is 0 Å². The molecule has 27 heavy (non-hydrogen) atoms. The molecule has 3 rings (SSSR count). The lowest BCUT2D eigenvalue weighted by Gasteiger charge is -2.28. The third-order valence-corrected chi connectivity index (χ3v) is 4.98. The second-order valence-corrected chi connectivity index (χ2v) is 6.67. The summed E-state index contributed by atoms with van der Waals surface area (Å²) >= 11 is 1.20. The van der Waals surface area contributed by atoms with Crippen LogP contribution in [-0.4, -0.2) is 50.1 Å². The summed E-state index contributed by atoms with van der Waals surface area (Å²) in [5.74, 6) is -0.834. The fourth-order valence-corrected chi connectivity index (χ4v) is 3.56. The number of hydrogen-bond acceptors (Lipinski definition) is 7. The van der Waals surface area contributed by atoms with Crippen molar-refractivity contribution >= 4 is 39.5 Å². The normalized spacial score (nSPS) is 13.9. The van der Waals surface area contributed by atoms with E-state index in [-0.39, 0.29) is 17.2 Å². The summed E-state index contributed by atoms with van der Waals surface area (Å²) in [6, 6.07) is 5.98. The Hall–Kier alpha value is -2.98. The van der Waals surface area contributed by atoms with Gasteiger partial charge in [0.25, 0.3) is 17.5 Å². The average molecular weight is 390 g/mol. The summed E-state index contributed by atoms with van der Waals surface area (Å²) in [5.41, 5.74) is 0.814. The van der Waals surface area contributed by atoms with E-state index in [1.165, 1.54) is 24.5 Å². The van der Waals surface area contributed by atoms with Gasteiger partial charge in [-0.05, 0) is 23.6 Å². The first kappa shape index (κ1) is 18.8. The monoisotopic (exact) mass is 390 g/mol. The number of morpholine rings is 1. The van der Waals surface area contributed by atoms with E-state index in [0.29, 0.717) is 42.6 Å². The highest BCUT2D eigenvalue weighted by Crippen LogP contribution is 2.31. The molecule has 142 valence electrons. The van der Waals surface area contributed by atoms with Gasteiger partial charge in [0.2, 0.25) is 0 Å². The number of ether oxygens (including phenoxy) is 1. The number of thiophene rings is 1. The molecule has 0 unspecified atom stereocenters. The van der Waals surface area contributed by atoms with Crippen molar-refractivity contribution in [3.8, 4) is 0 Å². The number of nitrogens with one attached hydrogen (secondary N) is 2. The SMILES string of the molecule is CNC(=O)c1ccsc1NC(=O)c1ccc(N2CCOCC2)c([N+](=O)[O-])c1. The fraction of sp³-hybridized carbons (Fsp3) is 0.294. The number of anilines is 2. The lowest BCUT2D eigenvalue weighted by Crippen LogP contribution is -2.36. The Balaban J connectivity index is 1.85. The molecule has 0 aliphatic carbocycles. The van der Waals surface area contributed by atoms with Gasteiger partial charge in [-0.25, -0.2) is 0 Å². The first-order valence-electron chi connectivity index (χ1n) is 8.23. The first-order chi connectivity index (χ1) is 13.0. The number of carbonyl (C=O) groups excluding carboxylic acids is 2. The van der Waals surface area contributed by atoms with Crippen molar-refractivity contribution in [1.82, 2.24) is 5.32 Å². The molecule has 10 heteroatoms. The molecule has 0 radical (unpaired) electrons. The summed E-state index contributed by atoms with van der Waals surface area (Å²) < 4.78 is 5.27. The second kappa shape index (κ2) is 8.14. The Kier molecular flexibility index (Phi) is 5.67. The lowest BCUT2D eigenvalue weighted by molar-refractivity contribution is -0.384. The molecule has 1 aromatic heterocycles. The first-order valence-corrected chi connectivity index (χ1v) is 9.11. The van der Waals surface area contributed by atoms with Crippen LogP contribution in [0.1, 0.15) is 20.7 Å². The molecular formula is C17H18N4O5S. The van der Waals surface area contributed by atoms with E-state index in [9.17, 15) is 19.7 Å². The largest absolute Gasteiger partial charge is 0.378 e. The Morgan fingerprint density at radius 1 is 1.22 bits per heavy atom. The van der Waals surface area contributed by atoms with Crippen LogP contribution in [0.2, 0.25) is 0 Å². The number of hydrogen-bond donors (Lipinski definition) is 2. The number of nitrogens with zero attached hydrogens (tertiary/aromatic N) is 2. The standard InChI is InChI=1S/C17H18N4O5S/c1-18-16(23)12-4-9-27-17(12)19-15(22)11-2-3-13(14(10-11)21(24)25)20-5-7-26-8-6-20/h2-4,9-10H,5-8H2,1H3,(H,18,23)(H,19,22). The van der Waals surface area contributed by atoms with Gasteiger partial charge in [0.15, 0.2) is 0 Å². The molecule has 0 spiro atoms. The van der Waals surface area contributed by atoms with Gasteiger partial charge in [0.1, 0.15) is 10.7 Å². The van der Waals surface area contributed by atoms with Gasteiger partial charge in [0.05, 0.1) is 23.7 Å². The van der Waals surface area contributed by atoms with Crippen LogP contribution in [0.15, 0.2) is 29.6 Å². The predicted octanol–water partition coefficient (Wildman–Crippen LogP) is 2.10. The molecule has 0 saturated carbocycles. The highest BCUT2D eigenvalue weighted by Gasteiger charge is 2.24. The minimum Gasteiger partial charge on any atom is -0.378 e. The van der Waals surface area contributed by atoms with Crippen molar-refractivity contribution < 1.29 is 19.2 Å². The Labute approximate surface area is 159 Å². The highest BCUT2D eigenvalue weighted by atomic mass is 32.1. The maximum absolute atomic E-state index is 12.5. The number of carbonyl (C=O) groups is 2. The zero-order valence-electron chi connectivity index (χ0n) is 14.6. The topological polar surface area (TPSA) is 114 Å². The van der Waals surface area contributed by atoms with Crippen molar-refractivity contribution in [3.63, 3.8) is 0 Å². The molecule has 2 aromatic rings. The summed E-state index contributed by atoms with van der Waals surface area (Å²) in [7, 11) is 1.50. The van der Waals surface area contributed by atoms with Gasteiger partial charge in [0, 0.05) is 31.8 Å². The van der Waals surface area contributed by atoms with E-state index in [1.807, 2.05) is 4.90 Å². The summed E-state index contributed by atoms with van der Waals surface area (Å²) in [6.45, 7) is 2.11. The number of amides is 2. The molecule has 1 fully saturated rings. The van der Waals surface area contributed by atoms with Crippen molar-refractivity contribution in [2.24, 2.45) is 0 Å². The third kappa shape index (κ3) is 4.07. The minimum absolute atomic E-state index is 0.137. The molecule has 2 amide bonds. The molecule has 1 aromatic carbocycles. The van der Waals surface area contributed by atoms with Crippen LogP contribution < -0.4 is 15.5 Å². The van der Waals surface area contributed by atoms with Crippen LogP contribution in [0.5, 0.6) is 0 Å². The maximum atomic E-state index is 12.5. The fourth-order valence-electron chi connectivity index (χ4n) is 2.78. The van der Waals surface area contributed by atoms with Gasteiger partial charge in [-0.2, -0.15) is 0 Å². The molecule has 1 aliphatic heterocycles. The zero-order chi connectivity index (χ0) is 19.4. The van der Waals surface area contributed by atoms with E-state index in [2.05, 4.69) is 10.6 Å². The van der Waals surface area contributed by atoms with E-state index in [4.69, 9.17) is 4.74 Å². The Morgan fingerprint density at radius 3 is 2.63 bits per heavy atom. The van der Waals surface area contributed by atoms with Crippen LogP contribution in [-0.2, 0) is 4.74 Å². The van der Waals surface area contributed by atoms with Crippen molar-refractivity contribution in [2.75, 3.05) is 43.6 Å². The van der Waals surface area contributed by atoms with E-state index >= 15 is 0 Å². The predicted molar refractivity (Wildman–Crippen MR) is 102 cm³/mol. The van der Waals surface area contributed by atoms with Gasteiger partial charge in [-0.1, -0.05) is 0 Å². The highest BCUT2D eigenvalue weighted by molar-refractivity contribution is 7.14. The number of rotatable bonds is 5. The van der Waals surface area contributed by atoms with Crippen molar-refractivity contribution in [3.05, 3.63) is 50.9 Å². The molecule has 2 heterocycles. The van der Waals surface area contributed by atoms with Crippen molar-refractivity contribution in [2.45, 2.75) is 0 Å². The van der Waals surface area contributed by atoms with Gasteiger partial charge >= 0.3 is 0 Å². The van der Waals surface area contributed by atoms with Gasteiger partial charge in [-0.3, -0.25) is 19.7 Å². The number of nitro benzene ring substituents is 1. The summed E-state index contributed by atoms with van der Waals surface area (Å²) in [6.07, 6.45) is 0. The zero-order valence-corrected chi connectivity index (χ0v) is 15.4. The number of nitro groups is 1. The van der Waals surface area contributed by atoms with E-state index in [1.54, 1.807) is 23.6 Å². The van der Waals surface area contributed by atoms with Crippen LogP contribution in [0.25, 0.3) is 0 Å². The molecule has 9 nitrogen and oxygen atoms in total. The minimum atomic E-state index is -0.515. The van der Waals surface area contributed by atoms with Crippen LogP contribution in [0.4, 0.5) is 16.4 Å². The second-order valence-electron chi connectivity index (χ2n) is 5.76. The van der Waals surface area contributed by atoms with E-state index in [0.717, 1.165) is 0 Å². The molecule has 1 saturated heterocycles.